The second kappa shape index (κ2) is 7.60. The Balaban J connectivity index is 4.25. The first-order valence-corrected chi connectivity index (χ1v) is 7.43. The predicted molar refractivity (Wildman–Crippen MR) is 64.0 cm³/mol. The number of hydrogen-bond donors (Lipinski definition) is 1. The fraction of sp³-hybridized carbons (Fsp3) is 0.700. The summed E-state index contributed by atoms with van der Waals surface area (Å²) in [6.07, 6.45) is 1.95. The van der Waals surface area contributed by atoms with Crippen LogP contribution in [0.15, 0.2) is 12.7 Å². The van der Waals surface area contributed by atoms with Crippen LogP contribution in [0.2, 0.25) is 0 Å². The van der Waals surface area contributed by atoms with Crippen LogP contribution in [-0.4, -0.2) is 48.6 Å². The van der Waals surface area contributed by atoms with Crippen LogP contribution in [0.1, 0.15) is 13.3 Å². The molecule has 0 aromatic heterocycles. The minimum Gasteiger partial charge on any atom is -0.481 e. The van der Waals surface area contributed by atoms with Crippen molar-refractivity contribution in [3.05, 3.63) is 12.7 Å². The van der Waals surface area contributed by atoms with Gasteiger partial charge in [-0.1, -0.05) is 6.08 Å². The Labute approximate surface area is 96.5 Å². The second-order valence-corrected chi connectivity index (χ2v) is 6.15. The molecule has 1 unspecified atom stereocenters. The molecule has 0 bridgehead atoms. The van der Waals surface area contributed by atoms with Gasteiger partial charge in [-0.05, 0) is 6.92 Å². The van der Waals surface area contributed by atoms with E-state index in [9.17, 15) is 9.36 Å². The van der Waals surface area contributed by atoms with E-state index in [2.05, 4.69) is 6.58 Å². The van der Waals surface area contributed by atoms with Crippen molar-refractivity contribution in [1.29, 1.82) is 0 Å². The van der Waals surface area contributed by atoms with E-state index in [0.717, 1.165) is 0 Å². The quantitative estimate of drug-likeness (QED) is 0.499. The number of carboxylic acids is 1. The number of rotatable bonds is 9. The molecule has 0 amide bonds. The highest BCUT2D eigenvalue weighted by molar-refractivity contribution is 7.58. The zero-order valence-electron chi connectivity index (χ0n) is 9.89. The van der Waals surface area contributed by atoms with Gasteiger partial charge in [0, 0.05) is 19.8 Å². The maximum Gasteiger partial charge on any atom is 0.304 e. The topological polar surface area (TPSA) is 66.8 Å². The van der Waals surface area contributed by atoms with E-state index in [1.165, 1.54) is 0 Å². The third-order valence-corrected chi connectivity index (χ3v) is 3.61. The maximum absolute atomic E-state index is 11.9. The minimum atomic E-state index is -2.65. The molecule has 94 valence electrons. The summed E-state index contributed by atoms with van der Waals surface area (Å²) in [6.45, 7) is 8.19. The predicted octanol–water partition coefficient (Wildman–Crippen LogP) is 1.85. The Morgan fingerprint density at radius 1 is 1.62 bits per heavy atom. The first-order valence-electron chi connectivity index (χ1n) is 5.17. The highest BCUT2D eigenvalue weighted by atomic mass is 31.2. The molecule has 0 saturated carbocycles. The van der Waals surface area contributed by atoms with Crippen molar-refractivity contribution in [2.24, 2.45) is 0 Å². The highest BCUT2D eigenvalue weighted by Crippen LogP contribution is 2.42. The van der Waals surface area contributed by atoms with Gasteiger partial charge in [-0.2, -0.15) is 0 Å². The van der Waals surface area contributed by atoms with Crippen LogP contribution in [0.5, 0.6) is 0 Å². The zero-order chi connectivity index (χ0) is 12.6. The van der Waals surface area contributed by atoms with E-state index in [1.807, 2.05) is 0 Å². The molecule has 0 heterocycles. The largest absolute Gasteiger partial charge is 0.481 e. The number of carbonyl (C=O) groups is 1. The highest BCUT2D eigenvalue weighted by Gasteiger charge is 2.19. The van der Waals surface area contributed by atoms with Crippen molar-refractivity contribution in [2.45, 2.75) is 13.3 Å². The molecule has 0 aliphatic heterocycles. The Hall–Kier alpha value is -0.640. The number of aliphatic carboxylic acids is 1. The normalized spacial score (nSPS) is 14.7. The van der Waals surface area contributed by atoms with E-state index in [0.29, 0.717) is 19.7 Å². The van der Waals surface area contributed by atoms with Gasteiger partial charge in [0.05, 0.1) is 19.3 Å². The van der Waals surface area contributed by atoms with E-state index in [4.69, 9.17) is 9.63 Å². The van der Waals surface area contributed by atoms with Crippen molar-refractivity contribution in [2.75, 3.05) is 32.6 Å². The average Bonchev–Trinajstić information content (AvgIpc) is 2.13. The Morgan fingerprint density at radius 3 is 2.69 bits per heavy atom. The summed E-state index contributed by atoms with van der Waals surface area (Å²) in [5.41, 5.74) is 0. The average molecular weight is 249 g/mol. The second-order valence-electron chi connectivity index (χ2n) is 3.58. The van der Waals surface area contributed by atoms with E-state index in [1.54, 1.807) is 24.6 Å². The lowest BCUT2D eigenvalue weighted by Gasteiger charge is -2.23. The minimum absolute atomic E-state index is 0.0277. The molecule has 0 spiro atoms. The van der Waals surface area contributed by atoms with Crippen molar-refractivity contribution in [3.63, 3.8) is 0 Å². The summed E-state index contributed by atoms with van der Waals surface area (Å²) >= 11 is 0. The van der Waals surface area contributed by atoms with Gasteiger partial charge in [0.1, 0.15) is 0 Å². The SMILES string of the molecule is C=CCN(CCC(=O)O)CP(C)(=O)OCC. The monoisotopic (exact) mass is 249 g/mol. The molecule has 6 heteroatoms. The van der Waals surface area contributed by atoms with Gasteiger partial charge in [-0.3, -0.25) is 14.3 Å². The summed E-state index contributed by atoms with van der Waals surface area (Å²) in [5.74, 6) is -0.864. The van der Waals surface area contributed by atoms with Crippen molar-refractivity contribution in [3.8, 4) is 0 Å². The summed E-state index contributed by atoms with van der Waals surface area (Å²) in [6, 6.07) is 0. The summed E-state index contributed by atoms with van der Waals surface area (Å²) in [7, 11) is -2.65. The molecule has 5 nitrogen and oxygen atoms in total. The molecule has 0 aliphatic rings. The zero-order valence-corrected chi connectivity index (χ0v) is 10.8. The Morgan fingerprint density at radius 2 is 2.25 bits per heavy atom. The van der Waals surface area contributed by atoms with Crippen LogP contribution in [0.4, 0.5) is 0 Å². The van der Waals surface area contributed by atoms with Crippen LogP contribution in [0.25, 0.3) is 0 Å². The van der Waals surface area contributed by atoms with Gasteiger partial charge in [0.2, 0.25) is 7.37 Å². The fourth-order valence-electron chi connectivity index (χ4n) is 1.33. The van der Waals surface area contributed by atoms with Crippen LogP contribution < -0.4 is 0 Å². The van der Waals surface area contributed by atoms with Gasteiger partial charge in [0.15, 0.2) is 0 Å². The van der Waals surface area contributed by atoms with E-state index >= 15 is 0 Å². The molecule has 1 N–H and O–H groups in total. The number of hydrogen-bond acceptors (Lipinski definition) is 4. The smallest absolute Gasteiger partial charge is 0.304 e. The fourth-order valence-corrected chi connectivity index (χ4v) is 2.94. The Kier molecular flexibility index (Phi) is 7.30. The van der Waals surface area contributed by atoms with Crippen molar-refractivity contribution in [1.82, 2.24) is 4.90 Å². The molecule has 0 aromatic rings. The van der Waals surface area contributed by atoms with Crippen molar-refractivity contribution < 1.29 is 19.0 Å². The van der Waals surface area contributed by atoms with Gasteiger partial charge in [0.25, 0.3) is 0 Å². The lowest BCUT2D eigenvalue weighted by Crippen LogP contribution is -2.28. The first-order chi connectivity index (χ1) is 7.41. The number of nitrogens with zero attached hydrogens (tertiary/aromatic N) is 1. The van der Waals surface area contributed by atoms with Crippen LogP contribution in [-0.2, 0) is 13.9 Å². The molecular formula is C10H20NO4P. The van der Waals surface area contributed by atoms with Crippen molar-refractivity contribution >= 4 is 13.3 Å². The molecular weight excluding hydrogens is 229 g/mol. The standard InChI is InChI=1S/C10H20NO4P/c1-4-7-11(8-6-10(12)13)9-16(3,14)15-5-2/h4H,1,5-9H2,2-3H3,(H,12,13). The van der Waals surface area contributed by atoms with Crippen LogP contribution >= 0.6 is 7.37 Å². The molecule has 0 rings (SSSR count). The summed E-state index contributed by atoms with van der Waals surface area (Å²) in [5, 5.41) is 8.58. The molecule has 1 atom stereocenters. The molecule has 0 saturated heterocycles. The molecule has 0 fully saturated rings. The third kappa shape index (κ3) is 7.63. The van der Waals surface area contributed by atoms with Gasteiger partial charge >= 0.3 is 5.97 Å². The van der Waals surface area contributed by atoms with Crippen LogP contribution in [0.3, 0.4) is 0 Å². The lowest BCUT2D eigenvalue weighted by molar-refractivity contribution is -0.137. The molecule has 0 radical (unpaired) electrons. The summed E-state index contributed by atoms with van der Waals surface area (Å²) < 4.78 is 17.0. The third-order valence-electron chi connectivity index (χ3n) is 1.89. The lowest BCUT2D eigenvalue weighted by atomic mass is 10.4. The Bertz CT molecular complexity index is 280. The molecule has 0 aliphatic carbocycles. The van der Waals surface area contributed by atoms with E-state index < -0.39 is 13.3 Å². The molecule has 16 heavy (non-hydrogen) atoms. The van der Waals surface area contributed by atoms with Crippen LogP contribution in [0, 0.1) is 0 Å². The van der Waals surface area contributed by atoms with Gasteiger partial charge in [-0.15, -0.1) is 6.58 Å². The number of carboxylic acid groups (broad SMARTS) is 1. The van der Waals surface area contributed by atoms with Gasteiger partial charge in [-0.25, -0.2) is 0 Å². The van der Waals surface area contributed by atoms with E-state index in [-0.39, 0.29) is 12.7 Å². The molecule has 0 aromatic carbocycles. The summed E-state index contributed by atoms with van der Waals surface area (Å²) in [4.78, 5) is 12.2. The first kappa shape index (κ1) is 15.4. The maximum atomic E-state index is 11.9. The van der Waals surface area contributed by atoms with Gasteiger partial charge < -0.3 is 9.63 Å².